The number of carbonyl (C=O) groups excluding carboxylic acids is 2. The first kappa shape index (κ1) is 71.4. The summed E-state index contributed by atoms with van der Waals surface area (Å²) in [7, 11) is 0. The molecule has 11 heteroatoms. The number of aliphatic hydroxyl groups excluding tert-OH is 5. The lowest BCUT2D eigenvalue weighted by Crippen LogP contribution is -2.60. The molecule has 0 bridgehead atoms. The van der Waals surface area contributed by atoms with E-state index >= 15 is 0 Å². The predicted molar refractivity (Wildman–Crippen MR) is 315 cm³/mol. The molecular weight excluding hydrogens is 955 g/mol. The van der Waals surface area contributed by atoms with E-state index in [-0.39, 0.29) is 18.5 Å². The van der Waals surface area contributed by atoms with Crippen LogP contribution in [0.25, 0.3) is 0 Å². The molecule has 76 heavy (non-hydrogen) atoms. The maximum absolute atomic E-state index is 13.0. The Balaban J connectivity index is 2.01. The van der Waals surface area contributed by atoms with Crippen LogP contribution in [0.5, 0.6) is 0 Å². The Hall–Kier alpha value is -2.64. The van der Waals surface area contributed by atoms with E-state index in [1.54, 1.807) is 6.08 Å². The van der Waals surface area contributed by atoms with Gasteiger partial charge >= 0.3 is 5.97 Å². The molecule has 7 atom stereocenters. The van der Waals surface area contributed by atoms with E-state index in [2.05, 4.69) is 67.8 Å². The summed E-state index contributed by atoms with van der Waals surface area (Å²) in [4.78, 5) is 25.1. The normalized spacial score (nSPS) is 19.1. The maximum atomic E-state index is 13.0. The van der Waals surface area contributed by atoms with E-state index in [0.29, 0.717) is 19.4 Å². The van der Waals surface area contributed by atoms with E-state index in [1.165, 1.54) is 161 Å². The van der Waals surface area contributed by atoms with Crippen molar-refractivity contribution >= 4 is 11.9 Å². The van der Waals surface area contributed by atoms with Crippen LogP contribution < -0.4 is 5.32 Å². The van der Waals surface area contributed by atoms with E-state index < -0.39 is 49.5 Å². The molecule has 0 radical (unpaired) electrons. The number of rotatable bonds is 54. The van der Waals surface area contributed by atoms with E-state index in [4.69, 9.17) is 14.2 Å². The zero-order valence-corrected chi connectivity index (χ0v) is 48.7. The molecule has 1 fully saturated rings. The molecule has 7 unspecified atom stereocenters. The average Bonchev–Trinajstić information content (AvgIpc) is 3.42. The van der Waals surface area contributed by atoms with Gasteiger partial charge in [-0.15, -0.1) is 0 Å². The zero-order valence-electron chi connectivity index (χ0n) is 48.7. The molecular formula is C65H117NO10. The molecule has 0 saturated carbocycles. The van der Waals surface area contributed by atoms with Crippen LogP contribution in [0.15, 0.2) is 60.8 Å². The van der Waals surface area contributed by atoms with Gasteiger partial charge in [0, 0.05) is 12.8 Å². The number of allylic oxidation sites excluding steroid dienone is 9. The number of amides is 1. The van der Waals surface area contributed by atoms with Crippen molar-refractivity contribution in [3.05, 3.63) is 60.8 Å². The molecule has 0 spiro atoms. The minimum atomic E-state index is -1.58. The summed E-state index contributed by atoms with van der Waals surface area (Å²) in [6.07, 6.45) is 60.6. The van der Waals surface area contributed by atoms with Crippen molar-refractivity contribution in [2.45, 2.75) is 320 Å². The fraction of sp³-hybridized carbons (Fsp3) is 0.815. The highest BCUT2D eigenvalue weighted by molar-refractivity contribution is 5.76. The van der Waals surface area contributed by atoms with Gasteiger partial charge in [-0.3, -0.25) is 9.59 Å². The topological polar surface area (TPSA) is 175 Å². The van der Waals surface area contributed by atoms with E-state index in [0.717, 1.165) is 89.9 Å². The summed E-state index contributed by atoms with van der Waals surface area (Å²) in [6.45, 7) is 4.25. The number of carbonyl (C=O) groups is 2. The summed E-state index contributed by atoms with van der Waals surface area (Å²) in [5, 5.41) is 54.2. The highest BCUT2D eigenvalue weighted by Crippen LogP contribution is 2.23. The second-order valence-electron chi connectivity index (χ2n) is 21.7. The van der Waals surface area contributed by atoms with Crippen molar-refractivity contribution in [2.24, 2.45) is 0 Å². The first-order chi connectivity index (χ1) is 37.2. The first-order valence-corrected chi connectivity index (χ1v) is 31.6. The number of hydrogen-bond acceptors (Lipinski definition) is 10. The lowest BCUT2D eigenvalue weighted by molar-refractivity contribution is -0.302. The lowest BCUT2D eigenvalue weighted by atomic mass is 9.99. The Labute approximate surface area is 465 Å². The van der Waals surface area contributed by atoms with Gasteiger partial charge in [-0.05, 0) is 103 Å². The highest BCUT2D eigenvalue weighted by atomic mass is 16.7. The van der Waals surface area contributed by atoms with Gasteiger partial charge in [-0.25, -0.2) is 0 Å². The minimum absolute atomic E-state index is 0.0132. The number of nitrogens with one attached hydrogen (secondary N) is 1. The molecule has 11 nitrogen and oxygen atoms in total. The minimum Gasteiger partial charge on any atom is -0.466 e. The van der Waals surface area contributed by atoms with Crippen LogP contribution in [0.1, 0.15) is 277 Å². The number of ether oxygens (including phenoxy) is 3. The fourth-order valence-electron chi connectivity index (χ4n) is 9.53. The van der Waals surface area contributed by atoms with Gasteiger partial charge in [0.15, 0.2) is 6.29 Å². The summed E-state index contributed by atoms with van der Waals surface area (Å²) in [5.41, 5.74) is 0. The highest BCUT2D eigenvalue weighted by Gasteiger charge is 2.44. The summed E-state index contributed by atoms with van der Waals surface area (Å²) >= 11 is 0. The van der Waals surface area contributed by atoms with E-state index in [1.807, 2.05) is 6.08 Å². The third-order valence-corrected chi connectivity index (χ3v) is 14.6. The van der Waals surface area contributed by atoms with Crippen molar-refractivity contribution in [3.63, 3.8) is 0 Å². The SMILES string of the molecule is CCCCC/C=C/CC/C=C/C(O)C(COC1OC(CO)C(O)C(O)C1O)NC(=O)CCCCCCCCC/C=C\C/C=C\CCCCCCCCCCCOC(=O)CCCCCCC/C=C\CCCCCCCCC. The molecule has 1 amide bonds. The maximum Gasteiger partial charge on any atom is 0.305 e. The molecule has 1 aliphatic heterocycles. The van der Waals surface area contributed by atoms with Gasteiger partial charge < -0.3 is 45.1 Å². The van der Waals surface area contributed by atoms with Crippen molar-refractivity contribution in [3.8, 4) is 0 Å². The van der Waals surface area contributed by atoms with Crippen LogP contribution in [-0.2, 0) is 23.8 Å². The number of unbranched alkanes of at least 4 members (excludes halogenated alkanes) is 32. The Morgan fingerprint density at radius 1 is 0.487 bits per heavy atom. The van der Waals surface area contributed by atoms with Gasteiger partial charge in [0.25, 0.3) is 0 Å². The van der Waals surface area contributed by atoms with Crippen LogP contribution in [0.3, 0.4) is 0 Å². The van der Waals surface area contributed by atoms with Crippen LogP contribution in [0.4, 0.5) is 0 Å². The van der Waals surface area contributed by atoms with E-state index in [9.17, 15) is 35.1 Å². The second-order valence-corrected chi connectivity index (χ2v) is 21.7. The molecule has 442 valence electrons. The molecule has 0 aromatic carbocycles. The summed E-state index contributed by atoms with van der Waals surface area (Å²) in [6, 6.07) is -0.835. The largest absolute Gasteiger partial charge is 0.466 e. The van der Waals surface area contributed by atoms with Crippen LogP contribution in [-0.4, -0.2) is 100 Å². The van der Waals surface area contributed by atoms with Crippen molar-refractivity contribution < 1.29 is 49.3 Å². The standard InChI is InChI=1S/C65H117NO10/c1-3-5-7-9-11-13-14-15-16-27-30-33-37-41-45-49-53-61(70)74-54-50-46-42-38-34-31-28-25-23-21-19-17-18-20-22-24-26-29-32-36-40-44-48-52-60(69)66-57(58(68)51-47-43-39-35-12-10-8-6-4-2)56-75-65-64(73)63(72)62(71)59(55-67)76-65/h12,16-17,19-20,22,27,35,47,51,57-59,62-65,67-68,71-73H,3-11,13-15,18,21,23-26,28-34,36-46,48-50,52-56H2,1-2H3,(H,66,69)/b19-17-,22-20-,27-16-,35-12+,51-47+. The van der Waals surface area contributed by atoms with Crippen molar-refractivity contribution in [1.82, 2.24) is 5.32 Å². The van der Waals surface area contributed by atoms with Crippen molar-refractivity contribution in [2.75, 3.05) is 19.8 Å². The number of hydrogen-bond donors (Lipinski definition) is 6. The molecule has 0 aromatic heterocycles. The number of aliphatic hydroxyl groups is 5. The predicted octanol–water partition coefficient (Wildman–Crippen LogP) is 15.0. The average molecular weight is 1070 g/mol. The van der Waals surface area contributed by atoms with Crippen LogP contribution in [0.2, 0.25) is 0 Å². The Morgan fingerprint density at radius 2 is 0.895 bits per heavy atom. The third-order valence-electron chi connectivity index (χ3n) is 14.6. The molecule has 0 aliphatic carbocycles. The van der Waals surface area contributed by atoms with Crippen molar-refractivity contribution in [1.29, 1.82) is 0 Å². The van der Waals surface area contributed by atoms with Gasteiger partial charge in [0.1, 0.15) is 24.4 Å². The number of esters is 1. The quantitative estimate of drug-likeness (QED) is 0.0195. The van der Waals surface area contributed by atoms with Gasteiger partial charge in [-0.2, -0.15) is 0 Å². The summed E-state index contributed by atoms with van der Waals surface area (Å²) in [5.74, 6) is -0.219. The van der Waals surface area contributed by atoms with Crippen LogP contribution >= 0.6 is 0 Å². The smallest absolute Gasteiger partial charge is 0.305 e. The lowest BCUT2D eigenvalue weighted by Gasteiger charge is -2.40. The second kappa shape index (κ2) is 54.3. The molecule has 1 rings (SSSR count). The first-order valence-electron chi connectivity index (χ1n) is 31.6. The van der Waals surface area contributed by atoms with Gasteiger partial charge in [0.05, 0.1) is 32.0 Å². The fourth-order valence-corrected chi connectivity index (χ4v) is 9.53. The molecule has 1 saturated heterocycles. The molecule has 0 aromatic rings. The molecule has 1 aliphatic rings. The summed E-state index contributed by atoms with van der Waals surface area (Å²) < 4.78 is 16.7. The Morgan fingerprint density at radius 3 is 1.41 bits per heavy atom. The Bertz CT molecular complexity index is 1450. The zero-order chi connectivity index (χ0) is 55.2. The molecule has 1 heterocycles. The van der Waals surface area contributed by atoms with Crippen LogP contribution in [0, 0.1) is 0 Å². The third kappa shape index (κ3) is 43.3. The monoisotopic (exact) mass is 1070 g/mol. The Kier molecular flexibility index (Phi) is 51.0. The van der Waals surface area contributed by atoms with Gasteiger partial charge in [0.2, 0.25) is 5.91 Å². The molecule has 6 N–H and O–H groups in total. The van der Waals surface area contributed by atoms with Gasteiger partial charge in [-0.1, -0.05) is 222 Å².